The summed E-state index contributed by atoms with van der Waals surface area (Å²) in [6.45, 7) is 3.40. The van der Waals surface area contributed by atoms with Crippen molar-refractivity contribution in [3.63, 3.8) is 0 Å². The molecule has 2 aromatic heterocycles. The maximum Gasteiger partial charge on any atom is 0.264 e. The fraction of sp³-hybridized carbons (Fsp3) is 0.400. The third-order valence-corrected chi connectivity index (χ3v) is 7.04. The zero-order valence-corrected chi connectivity index (χ0v) is 18.1. The normalized spacial score (nSPS) is 14.4. The number of nitrogens with zero attached hydrogens (tertiary/aromatic N) is 2. The first-order chi connectivity index (χ1) is 14.3. The van der Waals surface area contributed by atoms with Gasteiger partial charge in [-0.2, -0.15) is 0 Å². The first kappa shape index (κ1) is 20.3. The molecule has 0 radical (unpaired) electrons. The summed E-state index contributed by atoms with van der Waals surface area (Å²) in [5.41, 5.74) is 1.76. The number of methoxy groups -OCH3 is 2. The topological polar surface area (TPSA) is 119 Å². The van der Waals surface area contributed by atoms with Gasteiger partial charge >= 0.3 is 0 Å². The molecule has 0 bridgehead atoms. The van der Waals surface area contributed by atoms with E-state index < -0.39 is 10.0 Å². The van der Waals surface area contributed by atoms with Crippen molar-refractivity contribution >= 4 is 15.7 Å². The molecule has 1 aliphatic carbocycles. The van der Waals surface area contributed by atoms with Crippen LogP contribution in [0.4, 0.5) is 5.69 Å². The van der Waals surface area contributed by atoms with Gasteiger partial charge in [-0.3, -0.25) is 4.72 Å². The number of ether oxygens (including phenoxy) is 2. The van der Waals surface area contributed by atoms with Crippen molar-refractivity contribution in [1.29, 1.82) is 0 Å². The average molecular weight is 433 g/mol. The molecule has 1 aliphatic rings. The molecule has 0 saturated heterocycles. The van der Waals surface area contributed by atoms with Crippen LogP contribution in [0.1, 0.15) is 42.3 Å². The number of aromatic nitrogens is 3. The maximum absolute atomic E-state index is 13.2. The minimum atomic E-state index is -3.93. The Morgan fingerprint density at radius 3 is 2.57 bits per heavy atom. The molecule has 2 heterocycles. The number of sulfonamides is 1. The van der Waals surface area contributed by atoms with Gasteiger partial charge in [-0.25, -0.2) is 8.42 Å². The Morgan fingerprint density at radius 2 is 1.93 bits per heavy atom. The molecule has 10 heteroatoms. The molecule has 0 atom stereocenters. The van der Waals surface area contributed by atoms with Crippen molar-refractivity contribution in [3.8, 4) is 23.1 Å². The van der Waals surface area contributed by atoms with Gasteiger partial charge in [0.1, 0.15) is 22.1 Å². The largest absolute Gasteiger partial charge is 0.497 e. The van der Waals surface area contributed by atoms with Crippen molar-refractivity contribution in [2.75, 3.05) is 18.9 Å². The Bertz CT molecular complexity index is 1180. The monoisotopic (exact) mass is 432 g/mol. The summed E-state index contributed by atoms with van der Waals surface area (Å²) in [5.74, 6) is 2.08. The summed E-state index contributed by atoms with van der Waals surface area (Å²) >= 11 is 0. The van der Waals surface area contributed by atoms with Crippen molar-refractivity contribution in [2.45, 2.75) is 43.9 Å². The second-order valence-corrected chi connectivity index (χ2v) is 8.94. The van der Waals surface area contributed by atoms with Crippen LogP contribution in [0.2, 0.25) is 0 Å². The van der Waals surface area contributed by atoms with Gasteiger partial charge in [-0.15, -0.1) is 10.2 Å². The highest BCUT2D eigenvalue weighted by atomic mass is 32.2. The van der Waals surface area contributed by atoms with E-state index in [-0.39, 0.29) is 16.5 Å². The quantitative estimate of drug-likeness (QED) is 0.583. The molecule has 1 fully saturated rings. The van der Waals surface area contributed by atoms with E-state index in [9.17, 15) is 8.42 Å². The molecule has 2 N–H and O–H groups in total. The van der Waals surface area contributed by atoms with E-state index in [0.29, 0.717) is 40.3 Å². The van der Waals surface area contributed by atoms with Gasteiger partial charge < -0.3 is 18.9 Å². The zero-order chi connectivity index (χ0) is 21.5. The van der Waals surface area contributed by atoms with Crippen LogP contribution < -0.4 is 14.2 Å². The Morgan fingerprint density at radius 1 is 1.17 bits per heavy atom. The molecule has 0 unspecified atom stereocenters. The summed E-state index contributed by atoms with van der Waals surface area (Å²) < 4.78 is 45.3. The van der Waals surface area contributed by atoms with E-state index in [0.717, 1.165) is 19.3 Å². The number of H-pyrrole nitrogens is 1. The van der Waals surface area contributed by atoms with Gasteiger partial charge in [0, 0.05) is 23.2 Å². The molecule has 1 saturated carbocycles. The van der Waals surface area contributed by atoms with Gasteiger partial charge in [-0.05, 0) is 38.8 Å². The Kier molecular flexibility index (Phi) is 5.19. The predicted molar refractivity (Wildman–Crippen MR) is 111 cm³/mol. The molecule has 9 nitrogen and oxygen atoms in total. The molecule has 30 heavy (non-hydrogen) atoms. The summed E-state index contributed by atoms with van der Waals surface area (Å²) in [6, 6.07) is 4.90. The number of nitrogens with one attached hydrogen (secondary N) is 2. The number of aryl methyl sites for hydroxylation is 1. The molecular formula is C20H24N4O5S. The minimum Gasteiger partial charge on any atom is -0.497 e. The molecular weight excluding hydrogens is 408 g/mol. The minimum absolute atomic E-state index is 0.130. The van der Waals surface area contributed by atoms with Crippen molar-refractivity contribution in [3.05, 3.63) is 35.3 Å². The lowest BCUT2D eigenvalue weighted by Crippen LogP contribution is -2.15. The number of rotatable bonds is 7. The highest BCUT2D eigenvalue weighted by Gasteiger charge is 2.29. The van der Waals surface area contributed by atoms with Gasteiger partial charge in [0.05, 0.1) is 19.9 Å². The third-order valence-electron chi connectivity index (χ3n) is 5.40. The summed E-state index contributed by atoms with van der Waals surface area (Å²) in [6.07, 6.45) is 3.23. The second kappa shape index (κ2) is 7.67. The van der Waals surface area contributed by atoms with Crippen LogP contribution in [-0.2, 0) is 10.0 Å². The van der Waals surface area contributed by atoms with Crippen molar-refractivity contribution in [1.82, 2.24) is 15.2 Å². The SMILES string of the molecule is COc1ccc(OC)c(NS(=O)(=O)c2c(C)[nH]c(-c3nnc(C4CCC4)o3)c2C)c1. The van der Waals surface area contributed by atoms with Crippen LogP contribution in [0.3, 0.4) is 0 Å². The lowest BCUT2D eigenvalue weighted by molar-refractivity contribution is 0.338. The van der Waals surface area contributed by atoms with Crippen LogP contribution in [0.25, 0.3) is 11.6 Å². The summed E-state index contributed by atoms with van der Waals surface area (Å²) in [4.78, 5) is 3.22. The highest BCUT2D eigenvalue weighted by Crippen LogP contribution is 2.38. The van der Waals surface area contributed by atoms with E-state index in [2.05, 4.69) is 19.9 Å². The van der Waals surface area contributed by atoms with E-state index >= 15 is 0 Å². The first-order valence-electron chi connectivity index (χ1n) is 9.61. The fourth-order valence-corrected chi connectivity index (χ4v) is 5.11. The number of hydrogen-bond acceptors (Lipinski definition) is 7. The molecule has 3 aromatic rings. The standard InChI is InChI=1S/C20H24N4O5S/c1-11-17(20-23-22-19(29-20)13-6-5-7-13)21-12(2)18(11)30(25,26)24-15-10-14(27-3)8-9-16(15)28-4/h8-10,13,21,24H,5-7H2,1-4H3. The smallest absolute Gasteiger partial charge is 0.264 e. The first-order valence-corrected chi connectivity index (χ1v) is 11.1. The summed E-state index contributed by atoms with van der Waals surface area (Å²) in [7, 11) is -0.948. The van der Waals surface area contributed by atoms with Crippen LogP contribution in [0.5, 0.6) is 11.5 Å². The van der Waals surface area contributed by atoms with E-state index in [4.69, 9.17) is 13.9 Å². The fourth-order valence-electron chi connectivity index (χ4n) is 3.60. The number of hydrogen-bond donors (Lipinski definition) is 2. The Hall–Kier alpha value is -3.01. The van der Waals surface area contributed by atoms with Crippen LogP contribution >= 0.6 is 0 Å². The number of anilines is 1. The van der Waals surface area contributed by atoms with E-state index in [1.165, 1.54) is 14.2 Å². The Labute approximate surface area is 174 Å². The molecule has 1 aromatic carbocycles. The van der Waals surface area contributed by atoms with Crippen molar-refractivity contribution in [2.24, 2.45) is 0 Å². The van der Waals surface area contributed by atoms with Gasteiger partial charge in [0.2, 0.25) is 5.89 Å². The highest BCUT2D eigenvalue weighted by molar-refractivity contribution is 7.92. The maximum atomic E-state index is 13.2. The zero-order valence-electron chi connectivity index (χ0n) is 17.3. The number of benzene rings is 1. The predicted octanol–water partition coefficient (Wildman–Crippen LogP) is 3.77. The molecule has 0 spiro atoms. The lowest BCUT2D eigenvalue weighted by atomic mass is 9.85. The molecule has 4 rings (SSSR count). The Balaban J connectivity index is 1.69. The lowest BCUT2D eigenvalue weighted by Gasteiger charge is -2.20. The van der Waals surface area contributed by atoms with E-state index in [1.807, 2.05) is 0 Å². The third kappa shape index (κ3) is 3.51. The van der Waals surface area contributed by atoms with Crippen molar-refractivity contribution < 1.29 is 22.3 Å². The second-order valence-electron chi connectivity index (χ2n) is 7.32. The number of aromatic amines is 1. The van der Waals surface area contributed by atoms with Crippen LogP contribution in [-0.4, -0.2) is 37.8 Å². The molecule has 160 valence electrons. The van der Waals surface area contributed by atoms with Crippen LogP contribution in [0.15, 0.2) is 27.5 Å². The average Bonchev–Trinajstić information content (AvgIpc) is 3.24. The van der Waals surface area contributed by atoms with Gasteiger partial charge in [-0.1, -0.05) is 6.42 Å². The van der Waals surface area contributed by atoms with Gasteiger partial charge in [0.25, 0.3) is 15.9 Å². The van der Waals surface area contributed by atoms with E-state index in [1.54, 1.807) is 32.0 Å². The molecule has 0 amide bonds. The van der Waals surface area contributed by atoms with Gasteiger partial charge in [0.15, 0.2) is 0 Å². The summed E-state index contributed by atoms with van der Waals surface area (Å²) in [5, 5.41) is 8.26. The van der Waals surface area contributed by atoms with Crippen LogP contribution in [0, 0.1) is 13.8 Å². The molecule has 0 aliphatic heterocycles.